The molecule has 0 radical (unpaired) electrons. The summed E-state index contributed by atoms with van der Waals surface area (Å²) in [6.07, 6.45) is 2.24. The van der Waals surface area contributed by atoms with Crippen LogP contribution in [-0.4, -0.2) is 23.4 Å². The highest BCUT2D eigenvalue weighted by Crippen LogP contribution is 2.17. The van der Waals surface area contributed by atoms with Gasteiger partial charge in [0.15, 0.2) is 3.92 Å². The lowest BCUT2D eigenvalue weighted by Crippen LogP contribution is -2.05. The van der Waals surface area contributed by atoms with Gasteiger partial charge in [0.05, 0.1) is 6.10 Å². The van der Waals surface area contributed by atoms with Crippen LogP contribution >= 0.6 is 27.3 Å². The summed E-state index contributed by atoms with van der Waals surface area (Å²) in [5.41, 5.74) is 0. The molecule has 3 nitrogen and oxygen atoms in total. The summed E-state index contributed by atoms with van der Waals surface area (Å²) in [7, 11) is 1.72. The van der Waals surface area contributed by atoms with Crippen LogP contribution in [0.5, 0.6) is 0 Å². The van der Waals surface area contributed by atoms with Crippen molar-refractivity contribution in [3.63, 3.8) is 0 Å². The second kappa shape index (κ2) is 4.89. The maximum Gasteiger partial charge on any atom is 0.183 e. The maximum atomic E-state index is 5.12. The van der Waals surface area contributed by atoms with Gasteiger partial charge in [0, 0.05) is 13.5 Å². The zero-order valence-electron chi connectivity index (χ0n) is 7.08. The molecule has 0 aromatic carbocycles. The van der Waals surface area contributed by atoms with Crippen LogP contribution in [0.25, 0.3) is 0 Å². The molecule has 0 N–H and O–H groups in total. The fourth-order valence-electron chi connectivity index (χ4n) is 0.779. The molecule has 12 heavy (non-hydrogen) atoms. The number of rotatable bonds is 4. The lowest BCUT2D eigenvalue weighted by molar-refractivity contribution is 0.111. The highest BCUT2D eigenvalue weighted by Gasteiger charge is 2.04. The molecule has 1 aromatic heterocycles. The van der Waals surface area contributed by atoms with Gasteiger partial charge in [-0.05, 0) is 29.3 Å². The van der Waals surface area contributed by atoms with Crippen LogP contribution in [-0.2, 0) is 11.2 Å². The Balaban J connectivity index is 2.33. The second-order valence-electron chi connectivity index (χ2n) is 2.53. The summed E-state index contributed by atoms with van der Waals surface area (Å²) in [5, 5.41) is 8.91. The minimum Gasteiger partial charge on any atom is -0.382 e. The van der Waals surface area contributed by atoms with Gasteiger partial charge < -0.3 is 4.74 Å². The van der Waals surface area contributed by atoms with E-state index >= 15 is 0 Å². The number of methoxy groups -OCH3 is 1. The minimum atomic E-state index is 0.299. The first-order chi connectivity index (χ1) is 5.72. The van der Waals surface area contributed by atoms with E-state index in [2.05, 4.69) is 33.1 Å². The van der Waals surface area contributed by atoms with Crippen molar-refractivity contribution in [1.29, 1.82) is 0 Å². The highest BCUT2D eigenvalue weighted by atomic mass is 79.9. The van der Waals surface area contributed by atoms with E-state index in [9.17, 15) is 0 Å². The van der Waals surface area contributed by atoms with Crippen molar-refractivity contribution < 1.29 is 4.74 Å². The SMILES string of the molecule is COC(C)CCc1nnc(Br)s1. The van der Waals surface area contributed by atoms with Gasteiger partial charge in [0.2, 0.25) is 0 Å². The van der Waals surface area contributed by atoms with Crippen LogP contribution in [0.15, 0.2) is 3.92 Å². The van der Waals surface area contributed by atoms with Crippen molar-refractivity contribution in [2.75, 3.05) is 7.11 Å². The highest BCUT2D eigenvalue weighted by molar-refractivity contribution is 9.11. The van der Waals surface area contributed by atoms with E-state index in [1.807, 2.05) is 0 Å². The Kier molecular flexibility index (Phi) is 4.11. The zero-order valence-corrected chi connectivity index (χ0v) is 9.48. The third-order valence-corrected chi connectivity index (χ3v) is 3.02. The fourth-order valence-corrected chi connectivity index (χ4v) is 2.00. The van der Waals surface area contributed by atoms with Crippen LogP contribution in [0.4, 0.5) is 0 Å². The van der Waals surface area contributed by atoms with Crippen molar-refractivity contribution in [3.8, 4) is 0 Å². The zero-order chi connectivity index (χ0) is 8.97. The Hall–Kier alpha value is -0.0000000000000000833. The summed E-state index contributed by atoms with van der Waals surface area (Å²) < 4.78 is 5.97. The minimum absolute atomic E-state index is 0.299. The van der Waals surface area contributed by atoms with Gasteiger partial charge in [0.1, 0.15) is 5.01 Å². The van der Waals surface area contributed by atoms with Gasteiger partial charge in [-0.15, -0.1) is 10.2 Å². The molecule has 0 saturated heterocycles. The molecule has 0 fully saturated rings. The van der Waals surface area contributed by atoms with Crippen molar-refractivity contribution >= 4 is 27.3 Å². The van der Waals surface area contributed by atoms with Gasteiger partial charge in [-0.2, -0.15) is 0 Å². The van der Waals surface area contributed by atoms with E-state index in [1.165, 1.54) is 0 Å². The predicted molar refractivity (Wildman–Crippen MR) is 52.4 cm³/mol. The molecular weight excluding hydrogens is 240 g/mol. The fraction of sp³-hybridized carbons (Fsp3) is 0.714. The Morgan fingerprint density at radius 3 is 2.83 bits per heavy atom. The molecule has 0 spiro atoms. The van der Waals surface area contributed by atoms with E-state index < -0.39 is 0 Å². The monoisotopic (exact) mass is 250 g/mol. The first-order valence-corrected chi connectivity index (χ1v) is 5.34. The molecule has 1 rings (SSSR count). The van der Waals surface area contributed by atoms with Crippen LogP contribution < -0.4 is 0 Å². The van der Waals surface area contributed by atoms with E-state index in [0.29, 0.717) is 6.10 Å². The number of aromatic nitrogens is 2. The van der Waals surface area contributed by atoms with Crippen molar-refractivity contribution in [1.82, 2.24) is 10.2 Å². The van der Waals surface area contributed by atoms with Crippen LogP contribution in [0.2, 0.25) is 0 Å². The Bertz CT molecular complexity index is 241. The van der Waals surface area contributed by atoms with Crippen molar-refractivity contribution in [2.45, 2.75) is 25.9 Å². The lowest BCUT2D eigenvalue weighted by atomic mass is 10.2. The maximum absolute atomic E-state index is 5.12. The summed E-state index contributed by atoms with van der Waals surface area (Å²) in [5.74, 6) is 0. The molecule has 0 saturated carbocycles. The summed E-state index contributed by atoms with van der Waals surface area (Å²) in [6, 6.07) is 0. The number of aryl methyl sites for hydroxylation is 1. The number of hydrogen-bond acceptors (Lipinski definition) is 4. The van der Waals surface area contributed by atoms with E-state index in [0.717, 1.165) is 21.8 Å². The number of hydrogen-bond donors (Lipinski definition) is 0. The van der Waals surface area contributed by atoms with Gasteiger partial charge in [0.25, 0.3) is 0 Å². The van der Waals surface area contributed by atoms with Crippen molar-refractivity contribution in [3.05, 3.63) is 8.92 Å². The van der Waals surface area contributed by atoms with Gasteiger partial charge in [-0.1, -0.05) is 11.3 Å². The molecule has 5 heteroatoms. The predicted octanol–water partition coefficient (Wildman–Crippen LogP) is 2.27. The smallest absolute Gasteiger partial charge is 0.183 e. The molecule has 0 aliphatic rings. The third kappa shape index (κ3) is 3.16. The molecule has 0 amide bonds. The summed E-state index contributed by atoms with van der Waals surface area (Å²) in [6.45, 7) is 2.05. The quantitative estimate of drug-likeness (QED) is 0.823. The molecule has 1 heterocycles. The largest absolute Gasteiger partial charge is 0.382 e. The molecule has 0 aliphatic carbocycles. The Morgan fingerprint density at radius 1 is 1.58 bits per heavy atom. The first kappa shape index (κ1) is 10.1. The number of halogens is 1. The Labute approximate surface area is 84.3 Å². The topological polar surface area (TPSA) is 35.0 Å². The third-order valence-electron chi connectivity index (χ3n) is 1.61. The molecule has 68 valence electrons. The second-order valence-corrected chi connectivity index (χ2v) is 4.87. The molecule has 0 bridgehead atoms. The van der Waals surface area contributed by atoms with E-state index in [4.69, 9.17) is 4.74 Å². The average molecular weight is 251 g/mol. The van der Waals surface area contributed by atoms with E-state index in [1.54, 1.807) is 18.4 Å². The van der Waals surface area contributed by atoms with Crippen LogP contribution in [0.3, 0.4) is 0 Å². The molecule has 1 unspecified atom stereocenters. The molecule has 1 atom stereocenters. The van der Waals surface area contributed by atoms with Crippen LogP contribution in [0, 0.1) is 0 Å². The van der Waals surface area contributed by atoms with Crippen molar-refractivity contribution in [2.24, 2.45) is 0 Å². The number of ether oxygens (including phenoxy) is 1. The first-order valence-electron chi connectivity index (χ1n) is 3.73. The van der Waals surface area contributed by atoms with Gasteiger partial charge in [-0.3, -0.25) is 0 Å². The van der Waals surface area contributed by atoms with Crippen LogP contribution in [0.1, 0.15) is 18.4 Å². The standard InChI is InChI=1S/C7H11BrN2OS/c1-5(11-2)3-4-6-9-10-7(8)12-6/h5H,3-4H2,1-2H3. The summed E-state index contributed by atoms with van der Waals surface area (Å²) in [4.78, 5) is 0. The summed E-state index contributed by atoms with van der Waals surface area (Å²) >= 11 is 4.85. The molecule has 0 aliphatic heterocycles. The van der Waals surface area contributed by atoms with Gasteiger partial charge in [-0.25, -0.2) is 0 Å². The number of nitrogens with zero attached hydrogens (tertiary/aromatic N) is 2. The van der Waals surface area contributed by atoms with Gasteiger partial charge >= 0.3 is 0 Å². The Morgan fingerprint density at radius 2 is 2.33 bits per heavy atom. The average Bonchev–Trinajstić information content (AvgIpc) is 2.47. The lowest BCUT2D eigenvalue weighted by Gasteiger charge is -2.05. The molecule has 1 aromatic rings. The normalized spacial score (nSPS) is 13.2. The molecular formula is C7H11BrN2OS. The van der Waals surface area contributed by atoms with E-state index in [-0.39, 0.29) is 0 Å².